The van der Waals surface area contributed by atoms with Gasteiger partial charge in [0.2, 0.25) is 0 Å². The molecule has 86 valence electrons. The lowest BCUT2D eigenvalue weighted by molar-refractivity contribution is 0.131. The second kappa shape index (κ2) is 4.84. The summed E-state index contributed by atoms with van der Waals surface area (Å²) in [4.78, 5) is 13.1. The lowest BCUT2D eigenvalue weighted by atomic mass is 9.98. The summed E-state index contributed by atoms with van der Waals surface area (Å²) in [6, 6.07) is 0.688. The molecule has 0 aromatic carbocycles. The fourth-order valence-electron chi connectivity index (χ4n) is 2.68. The van der Waals surface area contributed by atoms with E-state index in [2.05, 4.69) is 5.32 Å². The maximum Gasteiger partial charge on any atom is 0.409 e. The number of ether oxygens (including phenoxy) is 1. The van der Waals surface area contributed by atoms with E-state index in [4.69, 9.17) is 4.74 Å². The molecule has 0 saturated carbocycles. The third-order valence-corrected chi connectivity index (χ3v) is 3.50. The van der Waals surface area contributed by atoms with Crippen LogP contribution in [0.4, 0.5) is 4.79 Å². The number of hydrogen-bond donors (Lipinski definition) is 1. The molecule has 4 nitrogen and oxygen atoms in total. The number of carbonyl (C=O) groups is 1. The highest BCUT2D eigenvalue weighted by Crippen LogP contribution is 2.24. The molecule has 15 heavy (non-hydrogen) atoms. The zero-order valence-electron chi connectivity index (χ0n) is 9.37. The number of nitrogens with one attached hydrogen (secondary N) is 1. The van der Waals surface area contributed by atoms with Crippen molar-refractivity contribution in [3.63, 3.8) is 0 Å². The van der Waals surface area contributed by atoms with Crippen LogP contribution >= 0.6 is 0 Å². The molecule has 2 saturated heterocycles. The second-order valence-corrected chi connectivity index (χ2v) is 4.60. The second-order valence-electron chi connectivity index (χ2n) is 4.60. The van der Waals surface area contributed by atoms with Crippen molar-refractivity contribution in [2.75, 3.05) is 26.7 Å². The lowest BCUT2D eigenvalue weighted by Gasteiger charge is -2.17. The Morgan fingerprint density at radius 2 is 2.40 bits per heavy atom. The molecule has 0 spiro atoms. The Labute approximate surface area is 91.0 Å². The van der Waals surface area contributed by atoms with E-state index in [9.17, 15) is 4.79 Å². The zero-order chi connectivity index (χ0) is 10.7. The van der Waals surface area contributed by atoms with Crippen molar-refractivity contribution < 1.29 is 9.53 Å². The monoisotopic (exact) mass is 212 g/mol. The van der Waals surface area contributed by atoms with Crippen molar-refractivity contribution in [2.45, 2.75) is 31.7 Å². The number of nitrogens with zero attached hydrogens (tertiary/aromatic N) is 1. The van der Waals surface area contributed by atoms with Crippen molar-refractivity contribution in [2.24, 2.45) is 5.92 Å². The summed E-state index contributed by atoms with van der Waals surface area (Å²) in [6.07, 6.45) is 4.78. The molecule has 1 amide bonds. The van der Waals surface area contributed by atoms with Crippen molar-refractivity contribution in [1.82, 2.24) is 10.2 Å². The van der Waals surface area contributed by atoms with Crippen LogP contribution < -0.4 is 5.32 Å². The summed E-state index contributed by atoms with van der Waals surface area (Å²) in [5.41, 5.74) is 0. The van der Waals surface area contributed by atoms with Gasteiger partial charge in [-0.2, -0.15) is 0 Å². The van der Waals surface area contributed by atoms with Crippen LogP contribution in [0.3, 0.4) is 0 Å². The third kappa shape index (κ3) is 2.62. The van der Waals surface area contributed by atoms with Crippen LogP contribution in [-0.2, 0) is 4.74 Å². The van der Waals surface area contributed by atoms with Crippen molar-refractivity contribution in [3.05, 3.63) is 0 Å². The predicted molar refractivity (Wildman–Crippen MR) is 57.7 cm³/mol. The quantitative estimate of drug-likeness (QED) is 0.748. The minimum atomic E-state index is -0.170. The van der Waals surface area contributed by atoms with Crippen LogP contribution in [0.15, 0.2) is 0 Å². The van der Waals surface area contributed by atoms with Gasteiger partial charge < -0.3 is 15.0 Å². The minimum absolute atomic E-state index is 0.170. The molecule has 0 aromatic heterocycles. The summed E-state index contributed by atoms with van der Waals surface area (Å²) in [6.45, 7) is 2.91. The standard InChI is InChI=1S/C11H20N2O2/c1-15-11(14)13-6-4-9(8-13)7-10-3-2-5-12-10/h9-10,12H,2-8H2,1H3. The van der Waals surface area contributed by atoms with Gasteiger partial charge in [0.1, 0.15) is 0 Å². The molecule has 0 aromatic rings. The Bertz CT molecular complexity index is 227. The van der Waals surface area contributed by atoms with E-state index in [-0.39, 0.29) is 6.09 Å². The van der Waals surface area contributed by atoms with E-state index in [1.54, 1.807) is 0 Å². The summed E-state index contributed by atoms with van der Waals surface area (Å²) in [5, 5.41) is 3.51. The number of likely N-dealkylation sites (tertiary alicyclic amines) is 1. The molecule has 1 N–H and O–H groups in total. The molecule has 0 bridgehead atoms. The molecule has 4 heteroatoms. The van der Waals surface area contributed by atoms with Gasteiger partial charge in [0.25, 0.3) is 0 Å². The van der Waals surface area contributed by atoms with Gasteiger partial charge in [-0.1, -0.05) is 0 Å². The number of hydrogen-bond acceptors (Lipinski definition) is 3. The van der Waals surface area contributed by atoms with E-state index < -0.39 is 0 Å². The van der Waals surface area contributed by atoms with Crippen molar-refractivity contribution in [3.8, 4) is 0 Å². The summed E-state index contributed by atoms with van der Waals surface area (Å²) >= 11 is 0. The smallest absolute Gasteiger partial charge is 0.409 e. The molecular formula is C11H20N2O2. The highest BCUT2D eigenvalue weighted by Gasteiger charge is 2.29. The molecule has 2 atom stereocenters. The Morgan fingerprint density at radius 1 is 1.53 bits per heavy atom. The fraction of sp³-hybridized carbons (Fsp3) is 0.909. The van der Waals surface area contributed by atoms with E-state index in [0.29, 0.717) is 12.0 Å². The molecular weight excluding hydrogens is 192 g/mol. The summed E-state index contributed by atoms with van der Waals surface area (Å²) < 4.78 is 4.72. The Balaban J connectivity index is 1.74. The molecule has 2 aliphatic rings. The average molecular weight is 212 g/mol. The Hall–Kier alpha value is -0.770. The van der Waals surface area contributed by atoms with E-state index in [1.807, 2.05) is 4.90 Å². The molecule has 2 heterocycles. The third-order valence-electron chi connectivity index (χ3n) is 3.50. The normalized spacial score (nSPS) is 30.9. The van der Waals surface area contributed by atoms with Gasteiger partial charge in [0, 0.05) is 19.1 Å². The van der Waals surface area contributed by atoms with Gasteiger partial charge in [-0.15, -0.1) is 0 Å². The first kappa shape index (κ1) is 10.7. The van der Waals surface area contributed by atoms with Gasteiger partial charge in [-0.25, -0.2) is 4.79 Å². The van der Waals surface area contributed by atoms with Gasteiger partial charge in [-0.05, 0) is 38.1 Å². The fourth-order valence-corrected chi connectivity index (χ4v) is 2.68. The first-order valence-corrected chi connectivity index (χ1v) is 5.86. The molecule has 0 aliphatic carbocycles. The molecule has 0 radical (unpaired) electrons. The van der Waals surface area contributed by atoms with Crippen molar-refractivity contribution >= 4 is 6.09 Å². The molecule has 2 unspecified atom stereocenters. The molecule has 2 rings (SSSR count). The van der Waals surface area contributed by atoms with Crippen molar-refractivity contribution in [1.29, 1.82) is 0 Å². The van der Waals surface area contributed by atoms with Crippen LogP contribution in [0.1, 0.15) is 25.7 Å². The topological polar surface area (TPSA) is 41.6 Å². The van der Waals surface area contributed by atoms with Crippen LogP contribution in [0.25, 0.3) is 0 Å². The van der Waals surface area contributed by atoms with Gasteiger partial charge in [0.05, 0.1) is 7.11 Å². The minimum Gasteiger partial charge on any atom is -0.453 e. The van der Waals surface area contributed by atoms with E-state index in [1.165, 1.54) is 26.4 Å². The average Bonchev–Trinajstić information content (AvgIpc) is 2.88. The number of carbonyl (C=O) groups excluding carboxylic acids is 1. The lowest BCUT2D eigenvalue weighted by Crippen LogP contribution is -2.30. The van der Waals surface area contributed by atoms with Gasteiger partial charge in [0.15, 0.2) is 0 Å². The van der Waals surface area contributed by atoms with Crippen LogP contribution in [0.5, 0.6) is 0 Å². The first-order chi connectivity index (χ1) is 7.29. The Morgan fingerprint density at radius 3 is 3.07 bits per heavy atom. The molecule has 2 fully saturated rings. The maximum atomic E-state index is 11.3. The van der Waals surface area contributed by atoms with Crippen LogP contribution in [0, 0.1) is 5.92 Å². The summed E-state index contributed by atoms with van der Waals surface area (Å²) in [7, 11) is 1.45. The predicted octanol–water partition coefficient (Wildman–Crippen LogP) is 1.22. The first-order valence-electron chi connectivity index (χ1n) is 5.86. The largest absolute Gasteiger partial charge is 0.453 e. The Kier molecular flexibility index (Phi) is 3.46. The summed E-state index contributed by atoms with van der Waals surface area (Å²) in [5.74, 6) is 0.666. The van der Waals surface area contributed by atoms with Gasteiger partial charge >= 0.3 is 6.09 Å². The van der Waals surface area contributed by atoms with E-state index in [0.717, 1.165) is 26.1 Å². The van der Waals surface area contributed by atoms with Crippen LogP contribution in [0.2, 0.25) is 0 Å². The SMILES string of the molecule is COC(=O)N1CCC(CC2CCCN2)C1. The number of rotatable bonds is 2. The highest BCUT2D eigenvalue weighted by atomic mass is 16.5. The van der Waals surface area contributed by atoms with Crippen LogP contribution in [-0.4, -0.2) is 43.8 Å². The zero-order valence-corrected chi connectivity index (χ0v) is 9.37. The molecule has 2 aliphatic heterocycles. The van der Waals surface area contributed by atoms with E-state index >= 15 is 0 Å². The highest BCUT2D eigenvalue weighted by molar-refractivity contribution is 5.67. The number of amides is 1. The van der Waals surface area contributed by atoms with Gasteiger partial charge in [-0.3, -0.25) is 0 Å². The maximum absolute atomic E-state index is 11.3. The number of methoxy groups -OCH3 is 1.